The van der Waals surface area contributed by atoms with Gasteiger partial charge in [-0.2, -0.15) is 4.31 Å². The fourth-order valence-corrected chi connectivity index (χ4v) is 5.90. The van der Waals surface area contributed by atoms with Crippen molar-refractivity contribution in [2.45, 2.75) is 18.5 Å². The van der Waals surface area contributed by atoms with Crippen LogP contribution < -0.4 is 4.74 Å². The summed E-state index contributed by atoms with van der Waals surface area (Å²) in [6.07, 6.45) is 5.40. The van der Waals surface area contributed by atoms with E-state index < -0.39 is 10.0 Å². The van der Waals surface area contributed by atoms with Crippen LogP contribution in [0.15, 0.2) is 42.6 Å². The highest BCUT2D eigenvalue weighted by atomic mass is 32.2. The molecule has 2 aliphatic heterocycles. The summed E-state index contributed by atoms with van der Waals surface area (Å²) in [5, 5.41) is 0.842. The lowest BCUT2D eigenvalue weighted by atomic mass is 9.94. The summed E-state index contributed by atoms with van der Waals surface area (Å²) < 4.78 is 51.1. The molecule has 3 aromatic rings. The second-order valence-electron chi connectivity index (χ2n) is 7.90. The Morgan fingerprint density at radius 3 is 2.81 bits per heavy atom. The third-order valence-electron chi connectivity index (χ3n) is 5.85. The molecule has 2 aromatic heterocycles. The zero-order valence-electron chi connectivity index (χ0n) is 17.1. The molecule has 1 aromatic carbocycles. The Balaban J connectivity index is 1.60. The number of halogens is 1. The summed E-state index contributed by atoms with van der Waals surface area (Å²) in [6, 6.07) is 7.67. The molecule has 0 radical (unpaired) electrons. The van der Waals surface area contributed by atoms with Crippen molar-refractivity contribution in [3.63, 3.8) is 0 Å². The lowest BCUT2D eigenvalue weighted by molar-refractivity contribution is 0.00706. The lowest BCUT2D eigenvalue weighted by Crippen LogP contribution is -2.55. The molecule has 4 heterocycles. The van der Waals surface area contributed by atoms with Gasteiger partial charge in [-0.1, -0.05) is 6.08 Å². The Morgan fingerprint density at radius 2 is 2.06 bits per heavy atom. The van der Waals surface area contributed by atoms with Gasteiger partial charge in [-0.05, 0) is 47.9 Å². The number of aromatic amines is 1. The van der Waals surface area contributed by atoms with Crippen LogP contribution in [0, 0.1) is 5.82 Å². The Bertz CT molecular complexity index is 1300. The molecule has 2 atom stereocenters. The maximum atomic E-state index is 14.0. The summed E-state index contributed by atoms with van der Waals surface area (Å²) >= 11 is 0. The van der Waals surface area contributed by atoms with Gasteiger partial charge in [0.1, 0.15) is 17.2 Å². The SMILES string of the molecule is COc1ccc(F)cc1-c1ccnc2[nH]c(C3=CC4COCC(C3)N4S(C)(=O)=O)cc12. The van der Waals surface area contributed by atoms with Gasteiger partial charge in [0.2, 0.25) is 10.0 Å². The average Bonchev–Trinajstić information content (AvgIpc) is 3.16. The average molecular weight is 444 g/mol. The largest absolute Gasteiger partial charge is 0.496 e. The van der Waals surface area contributed by atoms with E-state index in [1.54, 1.807) is 23.7 Å². The van der Waals surface area contributed by atoms with E-state index in [0.717, 1.165) is 22.2 Å². The summed E-state index contributed by atoms with van der Waals surface area (Å²) in [6.45, 7) is 0.697. The maximum absolute atomic E-state index is 14.0. The van der Waals surface area contributed by atoms with Crippen LogP contribution in [-0.2, 0) is 14.8 Å². The van der Waals surface area contributed by atoms with Gasteiger partial charge in [0.05, 0.1) is 38.7 Å². The van der Waals surface area contributed by atoms with E-state index in [1.807, 2.05) is 18.2 Å². The molecule has 1 saturated heterocycles. The monoisotopic (exact) mass is 443 g/mol. The van der Waals surface area contributed by atoms with Gasteiger partial charge < -0.3 is 14.5 Å². The molecule has 0 spiro atoms. The number of hydrogen-bond donors (Lipinski definition) is 1. The predicted octanol–water partition coefficient (Wildman–Crippen LogP) is 3.19. The quantitative estimate of drug-likeness (QED) is 0.670. The smallest absolute Gasteiger partial charge is 0.212 e. The Kier molecular flexibility index (Phi) is 4.84. The van der Waals surface area contributed by atoms with Crippen LogP contribution in [0.1, 0.15) is 12.1 Å². The standard InChI is InChI=1S/C22H22FN3O4S/c1-29-21-4-3-14(23)9-18(21)17-5-6-24-22-19(17)10-20(25-22)13-7-15-11-30-12-16(8-13)26(15)31(2,27)28/h3-7,9-10,15-16H,8,11-12H2,1-2H3,(H,24,25). The van der Waals surface area contributed by atoms with Gasteiger partial charge in [-0.3, -0.25) is 0 Å². The van der Waals surface area contributed by atoms with Crippen molar-refractivity contribution in [3.05, 3.63) is 54.1 Å². The number of H-pyrrole nitrogens is 1. The van der Waals surface area contributed by atoms with Crippen molar-refractivity contribution in [3.8, 4) is 16.9 Å². The Morgan fingerprint density at radius 1 is 1.23 bits per heavy atom. The number of sulfonamides is 1. The number of nitrogens with zero attached hydrogens (tertiary/aromatic N) is 2. The number of ether oxygens (including phenoxy) is 2. The first-order valence-corrected chi connectivity index (χ1v) is 11.8. The van der Waals surface area contributed by atoms with Crippen molar-refractivity contribution in [1.29, 1.82) is 0 Å². The summed E-state index contributed by atoms with van der Waals surface area (Å²) in [5.41, 5.74) is 4.02. The molecule has 1 N–H and O–H groups in total. The number of fused-ring (bicyclic) bond motifs is 3. The molecule has 162 valence electrons. The van der Waals surface area contributed by atoms with Crippen LogP contribution in [0.3, 0.4) is 0 Å². The van der Waals surface area contributed by atoms with Crippen molar-refractivity contribution < 1.29 is 22.3 Å². The van der Waals surface area contributed by atoms with Crippen molar-refractivity contribution in [1.82, 2.24) is 14.3 Å². The first kappa shape index (κ1) is 20.2. The number of methoxy groups -OCH3 is 1. The predicted molar refractivity (Wildman–Crippen MR) is 116 cm³/mol. The van der Waals surface area contributed by atoms with Crippen LogP contribution in [0.4, 0.5) is 4.39 Å². The summed E-state index contributed by atoms with van der Waals surface area (Å²) in [7, 11) is -1.78. The highest BCUT2D eigenvalue weighted by Gasteiger charge is 2.40. The van der Waals surface area contributed by atoms with Gasteiger partial charge in [0.25, 0.3) is 0 Å². The van der Waals surface area contributed by atoms with Crippen molar-refractivity contribution in [2.24, 2.45) is 0 Å². The minimum absolute atomic E-state index is 0.240. The van der Waals surface area contributed by atoms with Gasteiger partial charge in [-0.15, -0.1) is 0 Å². The van der Waals surface area contributed by atoms with Crippen molar-refractivity contribution in [2.75, 3.05) is 26.6 Å². The zero-order valence-corrected chi connectivity index (χ0v) is 17.9. The molecule has 0 saturated carbocycles. The number of nitrogens with one attached hydrogen (secondary N) is 1. The maximum Gasteiger partial charge on any atom is 0.212 e. The van der Waals surface area contributed by atoms with Gasteiger partial charge in [-0.25, -0.2) is 17.8 Å². The van der Waals surface area contributed by atoms with E-state index in [9.17, 15) is 12.8 Å². The van der Waals surface area contributed by atoms with Crippen LogP contribution in [0.5, 0.6) is 5.75 Å². The molecule has 31 heavy (non-hydrogen) atoms. The van der Waals surface area contributed by atoms with Crippen LogP contribution in [0.25, 0.3) is 27.7 Å². The second-order valence-corrected chi connectivity index (χ2v) is 9.78. The van der Waals surface area contributed by atoms with Gasteiger partial charge in [0.15, 0.2) is 0 Å². The number of rotatable bonds is 4. The number of hydrogen-bond acceptors (Lipinski definition) is 5. The normalized spacial score (nSPS) is 21.8. The first-order chi connectivity index (χ1) is 14.8. The van der Waals surface area contributed by atoms with Crippen LogP contribution in [0.2, 0.25) is 0 Å². The topological polar surface area (TPSA) is 84.5 Å². The first-order valence-electron chi connectivity index (χ1n) is 9.94. The number of pyridine rings is 1. The van der Waals surface area contributed by atoms with E-state index in [2.05, 4.69) is 9.97 Å². The highest BCUT2D eigenvalue weighted by molar-refractivity contribution is 7.88. The molecule has 7 nitrogen and oxygen atoms in total. The third-order valence-corrected chi connectivity index (χ3v) is 7.18. The van der Waals surface area contributed by atoms with E-state index in [-0.39, 0.29) is 17.9 Å². The number of morpholine rings is 1. The summed E-state index contributed by atoms with van der Waals surface area (Å²) in [4.78, 5) is 7.79. The van der Waals surface area contributed by atoms with Crippen LogP contribution in [-0.4, -0.2) is 61.4 Å². The fourth-order valence-electron chi connectivity index (χ4n) is 4.61. The third kappa shape index (κ3) is 3.52. The van der Waals surface area contributed by atoms with E-state index in [0.29, 0.717) is 36.6 Å². The van der Waals surface area contributed by atoms with E-state index in [1.165, 1.54) is 18.4 Å². The minimum Gasteiger partial charge on any atom is -0.496 e. The Hall–Kier alpha value is -2.75. The summed E-state index contributed by atoms with van der Waals surface area (Å²) in [5.74, 6) is 0.226. The number of aromatic nitrogens is 2. The molecule has 9 heteroatoms. The Labute approximate surface area is 179 Å². The van der Waals surface area contributed by atoms with Gasteiger partial charge in [0, 0.05) is 22.8 Å². The molecular formula is C22H22FN3O4S. The molecule has 2 bridgehead atoms. The highest BCUT2D eigenvalue weighted by Crippen LogP contribution is 2.38. The molecule has 5 rings (SSSR count). The van der Waals surface area contributed by atoms with E-state index >= 15 is 0 Å². The molecule has 0 aliphatic carbocycles. The molecule has 1 fully saturated rings. The zero-order chi connectivity index (χ0) is 21.8. The van der Waals surface area contributed by atoms with Crippen molar-refractivity contribution >= 4 is 26.6 Å². The molecule has 0 amide bonds. The molecular weight excluding hydrogens is 421 g/mol. The minimum atomic E-state index is -3.33. The lowest BCUT2D eigenvalue weighted by Gasteiger charge is -2.42. The van der Waals surface area contributed by atoms with Crippen LogP contribution >= 0.6 is 0 Å². The molecule has 2 aliphatic rings. The molecule has 2 unspecified atom stereocenters. The van der Waals surface area contributed by atoms with E-state index in [4.69, 9.17) is 9.47 Å². The fraction of sp³-hybridized carbons (Fsp3) is 0.318. The number of benzene rings is 1. The second kappa shape index (κ2) is 7.44. The van der Waals surface area contributed by atoms with Gasteiger partial charge >= 0.3 is 0 Å².